The Morgan fingerprint density at radius 2 is 1.55 bits per heavy atom. The number of carbonyl (C=O) groups is 9. The number of carboxylic acids is 1. The van der Waals surface area contributed by atoms with Gasteiger partial charge < -0.3 is 77.2 Å². The lowest BCUT2D eigenvalue weighted by Gasteiger charge is -2.32. The van der Waals surface area contributed by atoms with Gasteiger partial charge in [-0.15, -0.1) is 0 Å². The predicted molar refractivity (Wildman–Crippen MR) is 221 cm³/mol. The summed E-state index contributed by atoms with van der Waals surface area (Å²) in [6.07, 6.45) is -4.74. The summed E-state index contributed by atoms with van der Waals surface area (Å²) in [5, 5.41) is 68.3. The van der Waals surface area contributed by atoms with Crippen LogP contribution in [-0.4, -0.2) is 174 Å². The number of amides is 8. The third-order valence-corrected chi connectivity index (χ3v) is 12.9. The molecule has 350 valence electrons. The van der Waals surface area contributed by atoms with Crippen LogP contribution in [0.5, 0.6) is 5.75 Å². The number of aromatic hydroxyl groups is 1. The summed E-state index contributed by atoms with van der Waals surface area (Å²) >= 11 is -2.41. The fraction of sp³-hybridized carbons (Fsp3) is 0.564. The minimum Gasteiger partial charge on any atom is -0.610 e. The first-order valence-electron chi connectivity index (χ1n) is 20.5. The summed E-state index contributed by atoms with van der Waals surface area (Å²) in [5.74, 6) is -12.9. The van der Waals surface area contributed by atoms with Gasteiger partial charge in [-0.1, -0.05) is 27.2 Å². The number of nitrogens with one attached hydrogen (secondary N) is 8. The molecule has 3 aliphatic rings. The van der Waals surface area contributed by atoms with Gasteiger partial charge in [0.25, 0.3) is 0 Å². The second-order valence-electron chi connectivity index (χ2n) is 16.1. The van der Waals surface area contributed by atoms with E-state index in [-0.39, 0.29) is 27.2 Å². The van der Waals surface area contributed by atoms with Gasteiger partial charge in [-0.05, 0) is 18.1 Å². The van der Waals surface area contributed by atoms with Crippen molar-refractivity contribution in [3.05, 3.63) is 23.8 Å². The minimum atomic E-state index is -2.41. The maximum atomic E-state index is 14.5. The summed E-state index contributed by atoms with van der Waals surface area (Å²) in [4.78, 5) is 127. The van der Waals surface area contributed by atoms with Crippen molar-refractivity contribution < 1.29 is 73.2 Å². The van der Waals surface area contributed by atoms with Crippen molar-refractivity contribution in [3.63, 3.8) is 0 Å². The molecule has 64 heavy (non-hydrogen) atoms. The molecule has 1 aromatic heterocycles. The third kappa shape index (κ3) is 11.6. The number of fused-ring (bicyclic) bond motifs is 5. The van der Waals surface area contributed by atoms with E-state index in [2.05, 4.69) is 42.2 Å². The summed E-state index contributed by atoms with van der Waals surface area (Å²) in [5.41, 5.74) is 0.220. The van der Waals surface area contributed by atoms with Crippen molar-refractivity contribution in [1.82, 2.24) is 47.1 Å². The Morgan fingerprint density at radius 3 is 2.20 bits per heavy atom. The van der Waals surface area contributed by atoms with Gasteiger partial charge in [0, 0.05) is 53.5 Å². The molecule has 24 nitrogen and oxygen atoms in total. The number of aromatic amines is 1. The molecule has 2 aromatic rings. The maximum Gasteiger partial charge on any atom is 0.305 e. The normalized spacial score (nSPS) is 28.5. The molecule has 1 saturated heterocycles. The number of phenolic OH excluding ortho intramolecular Hbond substituents is 1. The lowest BCUT2D eigenvalue weighted by Crippen LogP contribution is -2.62. The van der Waals surface area contributed by atoms with Gasteiger partial charge in [0.1, 0.15) is 41.7 Å². The second kappa shape index (κ2) is 21.1. The fourth-order valence-corrected chi connectivity index (χ4v) is 9.07. The van der Waals surface area contributed by atoms with Crippen LogP contribution in [0, 0.1) is 11.8 Å². The van der Waals surface area contributed by atoms with Gasteiger partial charge in [0.15, 0.2) is 6.04 Å². The number of H-pyrrole nitrogens is 1. The lowest BCUT2D eigenvalue weighted by atomic mass is 9.93. The molecule has 11 atom stereocenters. The Bertz CT molecular complexity index is 2150. The van der Waals surface area contributed by atoms with E-state index >= 15 is 0 Å². The highest BCUT2D eigenvalue weighted by atomic mass is 32.2. The van der Waals surface area contributed by atoms with Crippen LogP contribution < -0.4 is 37.2 Å². The average molecular weight is 920 g/mol. The molecule has 25 heteroatoms. The third-order valence-electron chi connectivity index (χ3n) is 11.5. The second-order valence-corrected chi connectivity index (χ2v) is 17.5. The highest BCUT2D eigenvalue weighted by Crippen LogP contribution is 2.31. The standard InChI is InChI=1S/C39H53N9O15S/c1-4-16(2)31-36(60)41-11-28(53)42-25-15-64(63)38-21(20-6-5-18(50)7-22(20)45-38)9-23(33(57)40-12-29(54)46-31)43-37(61)32(17(3)27(52)14-49)47-35(59)26-8-19(51)13-48(26)39(62)24(10-30(55)56)44-34(25)58/h5-7,16-17,19,23-27,31-32,45,49-52H,4,8-15H2,1-3H3,(H,40,57)(H,41,60)(H,42,53)(H,43,61)(H,44,58)(H,46,54)(H,47,59)(H,55,56)/t16?,17?,19?,23-,24-,25-,26-,27-,31-,32-,64+/m0/s1. The number of carbonyl (C=O) groups excluding carboxylic acids is 8. The van der Waals surface area contributed by atoms with Crippen molar-refractivity contribution in [3.8, 4) is 5.75 Å². The van der Waals surface area contributed by atoms with E-state index in [1.54, 1.807) is 13.8 Å². The lowest BCUT2D eigenvalue weighted by molar-refractivity contribution is -0.146. The van der Waals surface area contributed by atoms with E-state index in [1.165, 1.54) is 25.1 Å². The van der Waals surface area contributed by atoms with Gasteiger partial charge in [0.05, 0.1) is 43.8 Å². The van der Waals surface area contributed by atoms with Crippen LogP contribution in [0.2, 0.25) is 0 Å². The molecule has 1 aromatic carbocycles. The number of hydrogen-bond donors (Lipinski definition) is 13. The number of rotatable bonds is 7. The van der Waals surface area contributed by atoms with Crippen LogP contribution in [0.4, 0.5) is 0 Å². The Balaban J connectivity index is 1.73. The zero-order chi connectivity index (χ0) is 47.2. The molecule has 1 fully saturated rings. The van der Waals surface area contributed by atoms with Crippen molar-refractivity contribution in [2.75, 3.05) is 32.0 Å². The Labute approximate surface area is 368 Å². The van der Waals surface area contributed by atoms with Gasteiger partial charge >= 0.3 is 5.97 Å². The van der Waals surface area contributed by atoms with Crippen molar-refractivity contribution in [2.45, 2.75) is 99.9 Å². The topological polar surface area (TPSA) is 381 Å². The number of hydrogen-bond acceptors (Lipinski definition) is 14. The first-order chi connectivity index (χ1) is 30.2. The molecule has 3 aliphatic heterocycles. The molecule has 0 radical (unpaired) electrons. The molecule has 13 N–H and O–H groups in total. The summed E-state index contributed by atoms with van der Waals surface area (Å²) in [6.45, 7) is 1.64. The first kappa shape index (κ1) is 49.0. The summed E-state index contributed by atoms with van der Waals surface area (Å²) in [7, 11) is 0. The van der Waals surface area contributed by atoms with Crippen LogP contribution in [0.1, 0.15) is 45.6 Å². The van der Waals surface area contributed by atoms with Gasteiger partial charge in [-0.2, -0.15) is 0 Å². The van der Waals surface area contributed by atoms with E-state index in [4.69, 9.17) is 0 Å². The number of aliphatic hydroxyl groups is 3. The number of aliphatic hydroxyl groups excluding tert-OH is 3. The van der Waals surface area contributed by atoms with E-state index in [1.807, 2.05) is 0 Å². The Kier molecular flexibility index (Phi) is 16.2. The van der Waals surface area contributed by atoms with Gasteiger partial charge in [-0.25, -0.2) is 0 Å². The minimum absolute atomic E-state index is 0.0635. The SMILES string of the molecule is CCC(C)[C@@H]1NC(=O)CNC(=O)[C@@H]2Cc3c([nH]c4cc(O)ccc34)[S@+]([O-])C[C@H](NC(=O)CNC1=O)C(=O)N[C@@H](CC(=O)O)C(=O)N1CC(O)C[C@H]1C(=O)N[C@@H](C(C)[C@@H](O)CO)C(=O)N2. The molecular formula is C39H53N9O15S. The van der Waals surface area contributed by atoms with E-state index < -0.39 is 176 Å². The molecule has 4 heterocycles. The first-order valence-corrected chi connectivity index (χ1v) is 21.8. The van der Waals surface area contributed by atoms with Crippen molar-refractivity contribution in [2.24, 2.45) is 11.8 Å². The largest absolute Gasteiger partial charge is 0.610 e. The fourth-order valence-electron chi connectivity index (χ4n) is 7.67. The number of phenols is 1. The summed E-state index contributed by atoms with van der Waals surface area (Å²) in [6, 6.07) is -6.28. The van der Waals surface area contributed by atoms with E-state index in [9.17, 15) is 73.2 Å². The highest BCUT2D eigenvalue weighted by Gasteiger charge is 2.45. The quantitative estimate of drug-likeness (QED) is 0.115. The van der Waals surface area contributed by atoms with Gasteiger partial charge in [-0.3, -0.25) is 43.2 Å². The molecule has 2 bridgehead atoms. The monoisotopic (exact) mass is 919 g/mol. The van der Waals surface area contributed by atoms with Crippen molar-refractivity contribution in [1.29, 1.82) is 0 Å². The van der Waals surface area contributed by atoms with E-state index in [0.29, 0.717) is 6.42 Å². The molecule has 0 spiro atoms. The average Bonchev–Trinajstić information content (AvgIpc) is 3.82. The van der Waals surface area contributed by atoms with Crippen LogP contribution in [-0.2, 0) is 60.7 Å². The number of aromatic nitrogens is 1. The number of carboxylic acid groups (broad SMARTS) is 1. The summed E-state index contributed by atoms with van der Waals surface area (Å²) < 4.78 is 14.5. The Morgan fingerprint density at radius 1 is 0.875 bits per heavy atom. The van der Waals surface area contributed by atoms with Crippen LogP contribution in [0.3, 0.4) is 0 Å². The zero-order valence-corrected chi connectivity index (χ0v) is 35.9. The molecule has 0 saturated carbocycles. The van der Waals surface area contributed by atoms with Crippen LogP contribution >= 0.6 is 0 Å². The molecule has 3 unspecified atom stereocenters. The predicted octanol–water partition coefficient (Wildman–Crippen LogP) is -5.32. The Hall–Kier alpha value is -6.02. The zero-order valence-electron chi connectivity index (χ0n) is 35.0. The molecule has 8 amide bonds. The smallest absolute Gasteiger partial charge is 0.305 e. The van der Waals surface area contributed by atoms with Gasteiger partial charge in [0.2, 0.25) is 52.3 Å². The number of nitrogens with zero attached hydrogens (tertiary/aromatic N) is 1. The van der Waals surface area contributed by atoms with Crippen molar-refractivity contribution >= 4 is 75.3 Å². The molecule has 5 rings (SSSR count). The van der Waals surface area contributed by atoms with Crippen LogP contribution in [0.15, 0.2) is 23.2 Å². The molecule has 0 aliphatic carbocycles. The number of benzene rings is 1. The maximum absolute atomic E-state index is 14.5. The molecular weight excluding hydrogens is 867 g/mol. The highest BCUT2D eigenvalue weighted by molar-refractivity contribution is 7.91. The van der Waals surface area contributed by atoms with Crippen LogP contribution in [0.25, 0.3) is 10.9 Å². The number of aliphatic carboxylic acids is 1. The van der Waals surface area contributed by atoms with E-state index in [0.717, 1.165) is 4.90 Å².